The van der Waals surface area contributed by atoms with Crippen molar-refractivity contribution >= 4 is 43.6 Å². The molecule has 2 heterocycles. The molecule has 0 saturated carbocycles. The molecular weight excluding hydrogens is 460 g/mol. The molecule has 0 bridgehead atoms. The lowest BCUT2D eigenvalue weighted by Crippen LogP contribution is -1.96. The molecule has 2 nitrogen and oxygen atoms in total. The molecule has 8 aromatic rings. The Labute approximate surface area is 220 Å². The standard InChI is InChI=1S/C36H24N2/c1-4-13-25(14-5-1)28-20-12-21-29-30-23-24-33-34(36(30)38(35(28)29)27-17-8-3-9-18-27)31-19-10-11-22-32(31)37(33)26-15-6-2-7-16-26/h1-24H. The molecule has 2 aromatic heterocycles. The van der Waals surface area contributed by atoms with Gasteiger partial charge in [-0.3, -0.25) is 0 Å². The Morgan fingerprint density at radius 3 is 1.66 bits per heavy atom. The fraction of sp³-hybridized carbons (Fsp3) is 0. The molecule has 0 aliphatic carbocycles. The van der Waals surface area contributed by atoms with E-state index in [-0.39, 0.29) is 0 Å². The van der Waals surface area contributed by atoms with E-state index < -0.39 is 0 Å². The van der Waals surface area contributed by atoms with E-state index in [1.807, 2.05) is 0 Å². The van der Waals surface area contributed by atoms with Gasteiger partial charge in [0.1, 0.15) is 0 Å². The molecule has 0 N–H and O–H groups in total. The minimum atomic E-state index is 1.17. The quantitative estimate of drug-likeness (QED) is 0.236. The summed E-state index contributed by atoms with van der Waals surface area (Å²) in [6.45, 7) is 0. The molecule has 6 aromatic carbocycles. The zero-order valence-corrected chi connectivity index (χ0v) is 20.8. The molecule has 0 amide bonds. The van der Waals surface area contributed by atoms with Gasteiger partial charge in [0.2, 0.25) is 0 Å². The normalized spacial score (nSPS) is 11.7. The first kappa shape index (κ1) is 21.0. The Kier molecular flexibility index (Phi) is 4.55. The molecular formula is C36H24N2. The zero-order valence-electron chi connectivity index (χ0n) is 20.8. The summed E-state index contributed by atoms with van der Waals surface area (Å²) in [6.07, 6.45) is 0. The number of fused-ring (bicyclic) bond motifs is 7. The summed E-state index contributed by atoms with van der Waals surface area (Å²) in [5.41, 5.74) is 9.72. The van der Waals surface area contributed by atoms with E-state index in [9.17, 15) is 0 Å². The highest BCUT2D eigenvalue weighted by atomic mass is 15.0. The van der Waals surface area contributed by atoms with Gasteiger partial charge >= 0.3 is 0 Å². The van der Waals surface area contributed by atoms with Crippen LogP contribution in [-0.2, 0) is 0 Å². The van der Waals surface area contributed by atoms with Gasteiger partial charge in [0, 0.05) is 38.5 Å². The molecule has 0 atom stereocenters. The SMILES string of the molecule is c1ccc(-c2cccc3c4ccc5c(c6ccccc6n5-c5ccccc5)c4n(-c4ccccc4)c23)cc1. The Bertz CT molecular complexity index is 2100. The number of nitrogens with zero attached hydrogens (tertiary/aromatic N) is 2. The summed E-state index contributed by atoms with van der Waals surface area (Å²) in [4.78, 5) is 0. The Hall–Kier alpha value is -5.08. The average molecular weight is 485 g/mol. The van der Waals surface area contributed by atoms with E-state index in [0.29, 0.717) is 0 Å². The molecule has 0 unspecified atom stereocenters. The first-order valence-electron chi connectivity index (χ1n) is 13.1. The molecule has 8 rings (SSSR count). The van der Waals surface area contributed by atoms with Crippen LogP contribution in [0.4, 0.5) is 0 Å². The summed E-state index contributed by atoms with van der Waals surface area (Å²) in [5.74, 6) is 0. The summed E-state index contributed by atoms with van der Waals surface area (Å²) < 4.78 is 4.88. The lowest BCUT2D eigenvalue weighted by molar-refractivity contribution is 1.17. The first-order chi connectivity index (χ1) is 18.9. The van der Waals surface area contributed by atoms with Crippen molar-refractivity contribution in [1.29, 1.82) is 0 Å². The number of benzene rings is 6. The van der Waals surface area contributed by atoms with E-state index in [1.165, 1.54) is 66.1 Å². The van der Waals surface area contributed by atoms with Gasteiger partial charge in [-0.05, 0) is 42.0 Å². The summed E-state index contributed by atoms with van der Waals surface area (Å²) in [7, 11) is 0. The van der Waals surface area contributed by atoms with Gasteiger partial charge in [0.15, 0.2) is 0 Å². The predicted octanol–water partition coefficient (Wildman–Crippen LogP) is 9.55. The summed E-state index contributed by atoms with van der Waals surface area (Å²) in [5, 5.41) is 5.08. The number of hydrogen-bond acceptors (Lipinski definition) is 0. The third-order valence-electron chi connectivity index (χ3n) is 7.70. The number of aromatic nitrogens is 2. The summed E-state index contributed by atoms with van der Waals surface area (Å²) in [6, 6.07) is 52.3. The predicted molar refractivity (Wildman–Crippen MR) is 161 cm³/mol. The molecule has 0 saturated heterocycles. The highest BCUT2D eigenvalue weighted by Crippen LogP contribution is 2.44. The average Bonchev–Trinajstić information content (AvgIpc) is 3.51. The molecule has 178 valence electrons. The first-order valence-corrected chi connectivity index (χ1v) is 13.1. The molecule has 0 fully saturated rings. The smallest absolute Gasteiger partial charge is 0.0641 e. The largest absolute Gasteiger partial charge is 0.309 e. The van der Waals surface area contributed by atoms with Crippen molar-refractivity contribution in [2.75, 3.05) is 0 Å². The molecule has 2 heteroatoms. The van der Waals surface area contributed by atoms with Crippen LogP contribution in [-0.4, -0.2) is 9.13 Å². The van der Waals surface area contributed by atoms with Crippen molar-refractivity contribution in [1.82, 2.24) is 9.13 Å². The van der Waals surface area contributed by atoms with Crippen LogP contribution >= 0.6 is 0 Å². The van der Waals surface area contributed by atoms with Crippen molar-refractivity contribution in [2.45, 2.75) is 0 Å². The second-order valence-electron chi connectivity index (χ2n) is 9.78. The van der Waals surface area contributed by atoms with Crippen molar-refractivity contribution in [3.05, 3.63) is 146 Å². The van der Waals surface area contributed by atoms with Crippen LogP contribution in [0.25, 0.3) is 66.1 Å². The van der Waals surface area contributed by atoms with Crippen LogP contribution in [0.3, 0.4) is 0 Å². The maximum atomic E-state index is 2.48. The third-order valence-corrected chi connectivity index (χ3v) is 7.70. The van der Waals surface area contributed by atoms with Crippen LogP contribution < -0.4 is 0 Å². The number of para-hydroxylation sites is 4. The summed E-state index contributed by atoms with van der Waals surface area (Å²) >= 11 is 0. The highest BCUT2D eigenvalue weighted by molar-refractivity contribution is 6.27. The van der Waals surface area contributed by atoms with Gasteiger partial charge in [-0.2, -0.15) is 0 Å². The minimum absolute atomic E-state index is 1.17. The molecule has 0 spiro atoms. The van der Waals surface area contributed by atoms with Gasteiger partial charge < -0.3 is 9.13 Å². The van der Waals surface area contributed by atoms with Crippen molar-refractivity contribution < 1.29 is 0 Å². The van der Waals surface area contributed by atoms with Crippen molar-refractivity contribution in [3.8, 4) is 22.5 Å². The molecule has 0 radical (unpaired) electrons. The van der Waals surface area contributed by atoms with Crippen molar-refractivity contribution in [3.63, 3.8) is 0 Å². The van der Waals surface area contributed by atoms with Gasteiger partial charge in [0.05, 0.1) is 22.1 Å². The van der Waals surface area contributed by atoms with E-state index in [0.717, 1.165) is 0 Å². The Balaban J connectivity index is 1.64. The fourth-order valence-corrected chi connectivity index (χ4v) is 6.15. The lowest BCUT2D eigenvalue weighted by Gasteiger charge is -2.12. The number of hydrogen-bond donors (Lipinski definition) is 0. The second kappa shape index (κ2) is 8.22. The Morgan fingerprint density at radius 1 is 0.342 bits per heavy atom. The second-order valence-corrected chi connectivity index (χ2v) is 9.78. The van der Waals surface area contributed by atoms with E-state index in [4.69, 9.17) is 0 Å². The van der Waals surface area contributed by atoms with Crippen molar-refractivity contribution in [2.24, 2.45) is 0 Å². The highest BCUT2D eigenvalue weighted by Gasteiger charge is 2.22. The van der Waals surface area contributed by atoms with E-state index in [2.05, 4.69) is 155 Å². The van der Waals surface area contributed by atoms with Crippen LogP contribution in [0.2, 0.25) is 0 Å². The maximum Gasteiger partial charge on any atom is 0.0641 e. The van der Waals surface area contributed by atoms with Gasteiger partial charge in [0.25, 0.3) is 0 Å². The van der Waals surface area contributed by atoms with Crippen LogP contribution in [0.5, 0.6) is 0 Å². The maximum absolute atomic E-state index is 2.48. The minimum Gasteiger partial charge on any atom is -0.309 e. The van der Waals surface area contributed by atoms with Crippen LogP contribution in [0.1, 0.15) is 0 Å². The third kappa shape index (κ3) is 2.95. The molecule has 0 aliphatic rings. The molecule has 0 aliphatic heterocycles. The topological polar surface area (TPSA) is 9.86 Å². The van der Waals surface area contributed by atoms with Crippen LogP contribution in [0.15, 0.2) is 146 Å². The monoisotopic (exact) mass is 484 g/mol. The Morgan fingerprint density at radius 2 is 0.921 bits per heavy atom. The van der Waals surface area contributed by atoms with Gasteiger partial charge in [-0.1, -0.05) is 109 Å². The zero-order chi connectivity index (χ0) is 25.1. The van der Waals surface area contributed by atoms with E-state index in [1.54, 1.807) is 0 Å². The van der Waals surface area contributed by atoms with Crippen LogP contribution in [0, 0.1) is 0 Å². The lowest BCUT2D eigenvalue weighted by atomic mass is 10.0. The van der Waals surface area contributed by atoms with Gasteiger partial charge in [-0.25, -0.2) is 0 Å². The molecule has 38 heavy (non-hydrogen) atoms. The van der Waals surface area contributed by atoms with E-state index >= 15 is 0 Å². The fourth-order valence-electron chi connectivity index (χ4n) is 6.15. The number of rotatable bonds is 3. The van der Waals surface area contributed by atoms with Gasteiger partial charge in [-0.15, -0.1) is 0 Å².